The minimum Gasteiger partial charge on any atom is -0.494 e. The van der Waals surface area contributed by atoms with Crippen LogP contribution in [0.25, 0.3) is 11.1 Å². The standard InChI is InChI=1S/C15H18N2O/c1-3-18-12-7-5-11(6-8-12)13-9-4-10(2)14(16)15(13)17/h4-9H,3,16-17H2,1-2H3. The van der Waals surface area contributed by atoms with Crippen molar-refractivity contribution in [2.75, 3.05) is 18.1 Å². The zero-order valence-electron chi connectivity index (χ0n) is 10.7. The van der Waals surface area contributed by atoms with Crippen LogP contribution in [-0.4, -0.2) is 6.61 Å². The van der Waals surface area contributed by atoms with Gasteiger partial charge in [-0.15, -0.1) is 0 Å². The van der Waals surface area contributed by atoms with Crippen molar-refractivity contribution in [2.24, 2.45) is 0 Å². The fourth-order valence-electron chi connectivity index (χ4n) is 1.89. The van der Waals surface area contributed by atoms with Gasteiger partial charge in [0, 0.05) is 5.56 Å². The molecule has 4 N–H and O–H groups in total. The van der Waals surface area contributed by atoms with Gasteiger partial charge in [0.05, 0.1) is 18.0 Å². The molecule has 0 aliphatic carbocycles. The summed E-state index contributed by atoms with van der Waals surface area (Å²) < 4.78 is 5.41. The number of rotatable bonds is 3. The van der Waals surface area contributed by atoms with Crippen molar-refractivity contribution in [3.05, 3.63) is 42.0 Å². The molecule has 0 atom stereocenters. The fourth-order valence-corrected chi connectivity index (χ4v) is 1.89. The molecule has 0 aliphatic rings. The minimum absolute atomic E-state index is 0.638. The number of hydrogen-bond acceptors (Lipinski definition) is 3. The van der Waals surface area contributed by atoms with E-state index in [0.29, 0.717) is 18.0 Å². The van der Waals surface area contributed by atoms with Crippen LogP contribution >= 0.6 is 0 Å². The van der Waals surface area contributed by atoms with Crippen LogP contribution in [0.3, 0.4) is 0 Å². The van der Waals surface area contributed by atoms with Crippen LogP contribution in [0, 0.1) is 6.92 Å². The molecule has 2 rings (SSSR count). The molecule has 0 saturated carbocycles. The smallest absolute Gasteiger partial charge is 0.119 e. The number of nitrogens with two attached hydrogens (primary N) is 2. The van der Waals surface area contributed by atoms with Crippen LogP contribution in [0.4, 0.5) is 11.4 Å². The van der Waals surface area contributed by atoms with E-state index in [1.165, 1.54) is 0 Å². The van der Waals surface area contributed by atoms with Crippen LogP contribution in [0.2, 0.25) is 0 Å². The molecule has 94 valence electrons. The lowest BCUT2D eigenvalue weighted by molar-refractivity contribution is 0.340. The van der Waals surface area contributed by atoms with Crippen LogP contribution < -0.4 is 16.2 Å². The van der Waals surface area contributed by atoms with Crippen molar-refractivity contribution in [2.45, 2.75) is 13.8 Å². The number of benzene rings is 2. The van der Waals surface area contributed by atoms with Gasteiger partial charge in [-0.1, -0.05) is 24.3 Å². The van der Waals surface area contributed by atoms with E-state index in [9.17, 15) is 0 Å². The Bertz CT molecular complexity index is 547. The normalized spacial score (nSPS) is 10.3. The van der Waals surface area contributed by atoms with Gasteiger partial charge in [-0.25, -0.2) is 0 Å². The Labute approximate surface area is 107 Å². The van der Waals surface area contributed by atoms with E-state index in [0.717, 1.165) is 22.4 Å². The van der Waals surface area contributed by atoms with Crippen molar-refractivity contribution >= 4 is 11.4 Å². The molecule has 18 heavy (non-hydrogen) atoms. The first-order valence-electron chi connectivity index (χ1n) is 6.01. The number of ether oxygens (including phenoxy) is 1. The number of anilines is 2. The van der Waals surface area contributed by atoms with Gasteiger partial charge in [-0.3, -0.25) is 0 Å². The van der Waals surface area contributed by atoms with Crippen molar-refractivity contribution in [3.8, 4) is 16.9 Å². The fraction of sp³-hybridized carbons (Fsp3) is 0.200. The summed E-state index contributed by atoms with van der Waals surface area (Å²) in [5, 5.41) is 0. The zero-order chi connectivity index (χ0) is 13.1. The van der Waals surface area contributed by atoms with Crippen molar-refractivity contribution in [1.29, 1.82) is 0 Å². The van der Waals surface area contributed by atoms with Crippen LogP contribution in [0.15, 0.2) is 36.4 Å². The molecule has 0 heterocycles. The Kier molecular flexibility index (Phi) is 3.42. The molecule has 2 aromatic rings. The van der Waals surface area contributed by atoms with E-state index in [2.05, 4.69) is 0 Å². The monoisotopic (exact) mass is 242 g/mol. The molecule has 0 aliphatic heterocycles. The van der Waals surface area contributed by atoms with Gasteiger partial charge in [0.2, 0.25) is 0 Å². The van der Waals surface area contributed by atoms with Gasteiger partial charge >= 0.3 is 0 Å². The third kappa shape index (κ3) is 2.25. The van der Waals surface area contributed by atoms with E-state index in [-0.39, 0.29) is 0 Å². The second-order valence-electron chi connectivity index (χ2n) is 4.21. The highest BCUT2D eigenvalue weighted by molar-refractivity contribution is 5.86. The Morgan fingerprint density at radius 3 is 2.22 bits per heavy atom. The Balaban J connectivity index is 2.40. The zero-order valence-corrected chi connectivity index (χ0v) is 10.7. The maximum Gasteiger partial charge on any atom is 0.119 e. The predicted molar refractivity (Wildman–Crippen MR) is 76.6 cm³/mol. The van der Waals surface area contributed by atoms with E-state index in [4.69, 9.17) is 16.2 Å². The summed E-state index contributed by atoms with van der Waals surface area (Å²) in [6, 6.07) is 11.8. The summed E-state index contributed by atoms with van der Waals surface area (Å²) in [6.45, 7) is 4.58. The Hall–Kier alpha value is -2.16. The van der Waals surface area contributed by atoms with Gasteiger partial charge in [-0.05, 0) is 37.1 Å². The number of hydrogen-bond donors (Lipinski definition) is 2. The average molecular weight is 242 g/mol. The van der Waals surface area contributed by atoms with Crippen LogP contribution in [-0.2, 0) is 0 Å². The van der Waals surface area contributed by atoms with Crippen LogP contribution in [0.1, 0.15) is 12.5 Å². The van der Waals surface area contributed by atoms with E-state index >= 15 is 0 Å². The summed E-state index contributed by atoms with van der Waals surface area (Å²) in [7, 11) is 0. The summed E-state index contributed by atoms with van der Waals surface area (Å²) in [5.74, 6) is 0.861. The van der Waals surface area contributed by atoms with Gasteiger partial charge in [0.15, 0.2) is 0 Å². The summed E-state index contributed by atoms with van der Waals surface area (Å²) in [4.78, 5) is 0. The van der Waals surface area contributed by atoms with E-state index < -0.39 is 0 Å². The second-order valence-corrected chi connectivity index (χ2v) is 4.21. The third-order valence-corrected chi connectivity index (χ3v) is 2.98. The first-order chi connectivity index (χ1) is 8.63. The highest BCUT2D eigenvalue weighted by Gasteiger charge is 2.07. The van der Waals surface area contributed by atoms with Crippen LogP contribution in [0.5, 0.6) is 5.75 Å². The summed E-state index contributed by atoms with van der Waals surface area (Å²) in [6.07, 6.45) is 0. The Morgan fingerprint density at radius 2 is 1.61 bits per heavy atom. The average Bonchev–Trinajstić information content (AvgIpc) is 2.38. The predicted octanol–water partition coefficient (Wildman–Crippen LogP) is 3.23. The molecule has 0 bridgehead atoms. The van der Waals surface area contributed by atoms with Gasteiger partial charge in [0.1, 0.15) is 5.75 Å². The molecular formula is C15H18N2O. The molecule has 0 unspecified atom stereocenters. The largest absolute Gasteiger partial charge is 0.494 e. The molecular weight excluding hydrogens is 224 g/mol. The highest BCUT2D eigenvalue weighted by Crippen LogP contribution is 2.33. The molecule has 0 saturated heterocycles. The quantitative estimate of drug-likeness (QED) is 0.812. The van der Waals surface area contributed by atoms with Crippen molar-refractivity contribution in [3.63, 3.8) is 0 Å². The lowest BCUT2D eigenvalue weighted by atomic mass is 10.0. The molecule has 2 aromatic carbocycles. The summed E-state index contributed by atoms with van der Waals surface area (Å²) in [5.41, 5.74) is 16.3. The highest BCUT2D eigenvalue weighted by atomic mass is 16.5. The number of nitrogen functional groups attached to an aromatic ring is 2. The third-order valence-electron chi connectivity index (χ3n) is 2.98. The lowest BCUT2D eigenvalue weighted by Gasteiger charge is -2.11. The molecule has 3 heteroatoms. The molecule has 0 fully saturated rings. The second kappa shape index (κ2) is 5.00. The van der Waals surface area contributed by atoms with Gasteiger partial charge in [0.25, 0.3) is 0 Å². The lowest BCUT2D eigenvalue weighted by Crippen LogP contribution is -1.99. The van der Waals surface area contributed by atoms with E-state index in [1.807, 2.05) is 50.2 Å². The van der Waals surface area contributed by atoms with Crippen molar-refractivity contribution in [1.82, 2.24) is 0 Å². The molecule has 0 amide bonds. The SMILES string of the molecule is CCOc1ccc(-c2ccc(C)c(N)c2N)cc1. The molecule has 0 radical (unpaired) electrons. The molecule has 0 aromatic heterocycles. The first kappa shape index (κ1) is 12.3. The van der Waals surface area contributed by atoms with Gasteiger partial charge in [-0.2, -0.15) is 0 Å². The first-order valence-corrected chi connectivity index (χ1v) is 6.01. The van der Waals surface area contributed by atoms with E-state index in [1.54, 1.807) is 0 Å². The topological polar surface area (TPSA) is 61.3 Å². The summed E-state index contributed by atoms with van der Waals surface area (Å²) >= 11 is 0. The van der Waals surface area contributed by atoms with Gasteiger partial charge < -0.3 is 16.2 Å². The minimum atomic E-state index is 0.638. The molecule has 3 nitrogen and oxygen atoms in total. The Morgan fingerprint density at radius 1 is 0.944 bits per heavy atom. The maximum absolute atomic E-state index is 6.06. The molecule has 0 spiro atoms. The number of aryl methyl sites for hydroxylation is 1. The maximum atomic E-state index is 6.06. The van der Waals surface area contributed by atoms with Crippen molar-refractivity contribution < 1.29 is 4.74 Å².